The molecule has 4 aromatic rings. The first-order chi connectivity index (χ1) is 9.24. The molecule has 0 amide bonds. The first-order valence-electron chi connectivity index (χ1n) is 6.09. The lowest BCUT2D eigenvalue weighted by Gasteiger charge is -1.98. The van der Waals surface area contributed by atoms with E-state index in [1.54, 1.807) is 6.07 Å². The normalized spacial score (nSPS) is 11.6. The van der Waals surface area contributed by atoms with Gasteiger partial charge in [0.2, 0.25) is 11.0 Å². The third kappa shape index (κ3) is 1.35. The van der Waals surface area contributed by atoms with Gasteiger partial charge in [0.1, 0.15) is 11.2 Å². The lowest BCUT2D eigenvalue weighted by atomic mass is 10.1. The summed E-state index contributed by atoms with van der Waals surface area (Å²) in [6.07, 6.45) is 0. The molecule has 0 atom stereocenters. The van der Waals surface area contributed by atoms with E-state index in [0.29, 0.717) is 22.1 Å². The van der Waals surface area contributed by atoms with E-state index >= 15 is 0 Å². The van der Waals surface area contributed by atoms with Crippen LogP contribution in [-0.2, 0) is 0 Å². The first-order valence-corrected chi connectivity index (χ1v) is 6.09. The zero-order chi connectivity index (χ0) is 13.0. The second kappa shape index (κ2) is 3.48. The molecular formula is C16H10O3. The SMILES string of the molecule is Cc1ccc2c(=O)c3oc4ccccc4c3oc2c1. The van der Waals surface area contributed by atoms with E-state index in [4.69, 9.17) is 8.83 Å². The van der Waals surface area contributed by atoms with Crippen molar-refractivity contribution in [3.63, 3.8) is 0 Å². The Balaban J connectivity index is 2.33. The summed E-state index contributed by atoms with van der Waals surface area (Å²) >= 11 is 0. The van der Waals surface area contributed by atoms with Crippen molar-refractivity contribution >= 4 is 33.1 Å². The molecule has 0 saturated heterocycles. The van der Waals surface area contributed by atoms with E-state index in [-0.39, 0.29) is 11.0 Å². The van der Waals surface area contributed by atoms with Gasteiger partial charge in [0.05, 0.1) is 10.8 Å². The average molecular weight is 250 g/mol. The van der Waals surface area contributed by atoms with Gasteiger partial charge in [-0.3, -0.25) is 4.79 Å². The summed E-state index contributed by atoms with van der Waals surface area (Å²) in [6, 6.07) is 13.1. The maximum absolute atomic E-state index is 12.4. The molecule has 0 bridgehead atoms. The molecule has 4 rings (SSSR count). The summed E-state index contributed by atoms with van der Waals surface area (Å²) in [6.45, 7) is 1.97. The molecule has 3 heteroatoms. The van der Waals surface area contributed by atoms with Crippen molar-refractivity contribution in [1.29, 1.82) is 0 Å². The van der Waals surface area contributed by atoms with Gasteiger partial charge >= 0.3 is 0 Å². The van der Waals surface area contributed by atoms with E-state index < -0.39 is 0 Å². The van der Waals surface area contributed by atoms with Crippen molar-refractivity contribution in [3.8, 4) is 0 Å². The van der Waals surface area contributed by atoms with Crippen molar-refractivity contribution in [2.75, 3.05) is 0 Å². The molecule has 0 spiro atoms. The molecule has 0 radical (unpaired) electrons. The molecule has 0 aliphatic carbocycles. The molecule has 0 fully saturated rings. The quantitative estimate of drug-likeness (QED) is 0.473. The third-order valence-electron chi connectivity index (χ3n) is 3.35. The highest BCUT2D eigenvalue weighted by molar-refractivity contribution is 6.03. The Morgan fingerprint density at radius 1 is 0.842 bits per heavy atom. The van der Waals surface area contributed by atoms with Crippen LogP contribution in [0.2, 0.25) is 0 Å². The average Bonchev–Trinajstić information content (AvgIpc) is 2.78. The Hall–Kier alpha value is -2.55. The van der Waals surface area contributed by atoms with Crippen LogP contribution < -0.4 is 5.43 Å². The standard InChI is InChI=1S/C16H10O3/c1-9-6-7-10-13(8-9)19-15-11-4-2-3-5-12(11)18-16(15)14(10)17/h2-8H,1H3. The van der Waals surface area contributed by atoms with Gasteiger partial charge in [0, 0.05) is 0 Å². The molecule has 2 heterocycles. The number of benzene rings is 2. The Bertz CT molecular complexity index is 989. The molecular weight excluding hydrogens is 240 g/mol. The molecule has 92 valence electrons. The molecule has 3 nitrogen and oxygen atoms in total. The Morgan fingerprint density at radius 2 is 1.63 bits per heavy atom. The second-order valence-corrected chi connectivity index (χ2v) is 4.69. The summed E-state index contributed by atoms with van der Waals surface area (Å²) in [5, 5.41) is 1.38. The van der Waals surface area contributed by atoms with Crippen LogP contribution in [0, 0.1) is 6.92 Å². The van der Waals surface area contributed by atoms with Gasteiger partial charge < -0.3 is 8.83 Å². The molecule has 19 heavy (non-hydrogen) atoms. The van der Waals surface area contributed by atoms with Gasteiger partial charge in [0.15, 0.2) is 5.58 Å². The number of fused-ring (bicyclic) bond motifs is 4. The zero-order valence-electron chi connectivity index (χ0n) is 10.3. The maximum Gasteiger partial charge on any atom is 0.235 e. The van der Waals surface area contributed by atoms with Crippen molar-refractivity contribution < 1.29 is 8.83 Å². The van der Waals surface area contributed by atoms with E-state index in [1.807, 2.05) is 43.3 Å². The van der Waals surface area contributed by atoms with Crippen LogP contribution in [0.5, 0.6) is 0 Å². The highest BCUT2D eigenvalue weighted by Gasteiger charge is 2.15. The number of hydrogen-bond donors (Lipinski definition) is 0. The van der Waals surface area contributed by atoms with Gasteiger partial charge in [-0.05, 0) is 36.8 Å². The third-order valence-corrected chi connectivity index (χ3v) is 3.35. The fourth-order valence-corrected chi connectivity index (χ4v) is 2.41. The fourth-order valence-electron chi connectivity index (χ4n) is 2.41. The summed E-state index contributed by atoms with van der Waals surface area (Å²) in [5.74, 6) is 0. The van der Waals surface area contributed by atoms with Crippen LogP contribution in [0.15, 0.2) is 56.1 Å². The largest absolute Gasteiger partial charge is 0.452 e. The van der Waals surface area contributed by atoms with Gasteiger partial charge in [0.25, 0.3) is 0 Å². The van der Waals surface area contributed by atoms with Crippen LogP contribution in [0.1, 0.15) is 5.56 Å². The Kier molecular flexibility index (Phi) is 1.90. The molecule has 2 aromatic carbocycles. The van der Waals surface area contributed by atoms with Crippen molar-refractivity contribution in [1.82, 2.24) is 0 Å². The predicted octanol–water partition coefficient (Wildman–Crippen LogP) is 4.00. The van der Waals surface area contributed by atoms with Gasteiger partial charge in [-0.2, -0.15) is 0 Å². The van der Waals surface area contributed by atoms with E-state index in [9.17, 15) is 4.79 Å². The van der Waals surface area contributed by atoms with Crippen LogP contribution in [0.25, 0.3) is 33.1 Å². The molecule has 0 aliphatic heterocycles. The second-order valence-electron chi connectivity index (χ2n) is 4.69. The number of rotatable bonds is 0. The highest BCUT2D eigenvalue weighted by Crippen LogP contribution is 2.29. The molecule has 0 N–H and O–H groups in total. The van der Waals surface area contributed by atoms with Crippen LogP contribution in [0.4, 0.5) is 0 Å². The van der Waals surface area contributed by atoms with Gasteiger partial charge in [-0.25, -0.2) is 0 Å². The Morgan fingerprint density at radius 3 is 2.53 bits per heavy atom. The van der Waals surface area contributed by atoms with E-state index in [2.05, 4.69) is 0 Å². The topological polar surface area (TPSA) is 43.4 Å². The molecule has 0 aliphatic rings. The number of furan rings is 1. The minimum absolute atomic E-state index is 0.118. The van der Waals surface area contributed by atoms with E-state index in [0.717, 1.165) is 10.9 Å². The summed E-state index contributed by atoms with van der Waals surface area (Å²) in [5.41, 5.74) is 3.03. The number of hydrogen-bond acceptors (Lipinski definition) is 3. The monoisotopic (exact) mass is 250 g/mol. The van der Waals surface area contributed by atoms with Gasteiger partial charge in [-0.1, -0.05) is 18.2 Å². The molecule has 2 aromatic heterocycles. The molecule has 0 unspecified atom stereocenters. The Labute approximate surface area is 108 Å². The van der Waals surface area contributed by atoms with Crippen molar-refractivity contribution in [2.45, 2.75) is 6.92 Å². The molecule has 0 saturated carbocycles. The fraction of sp³-hybridized carbons (Fsp3) is 0.0625. The highest BCUT2D eigenvalue weighted by atomic mass is 16.4. The predicted molar refractivity (Wildman–Crippen MR) is 74.5 cm³/mol. The lowest BCUT2D eigenvalue weighted by Crippen LogP contribution is -2.00. The zero-order valence-corrected chi connectivity index (χ0v) is 10.3. The number of aryl methyl sites for hydroxylation is 1. The summed E-state index contributed by atoms with van der Waals surface area (Å²) in [7, 11) is 0. The summed E-state index contributed by atoms with van der Waals surface area (Å²) < 4.78 is 11.5. The van der Waals surface area contributed by atoms with Crippen molar-refractivity contribution in [2.24, 2.45) is 0 Å². The maximum atomic E-state index is 12.4. The van der Waals surface area contributed by atoms with Crippen LogP contribution in [0.3, 0.4) is 0 Å². The van der Waals surface area contributed by atoms with Gasteiger partial charge in [-0.15, -0.1) is 0 Å². The van der Waals surface area contributed by atoms with E-state index in [1.165, 1.54) is 0 Å². The summed E-state index contributed by atoms with van der Waals surface area (Å²) in [4.78, 5) is 12.4. The minimum Gasteiger partial charge on any atom is -0.452 e. The smallest absolute Gasteiger partial charge is 0.235 e. The minimum atomic E-state index is -0.118. The van der Waals surface area contributed by atoms with Crippen LogP contribution in [-0.4, -0.2) is 0 Å². The first kappa shape index (κ1) is 10.4. The van der Waals surface area contributed by atoms with Crippen LogP contribution >= 0.6 is 0 Å². The number of para-hydroxylation sites is 1. The van der Waals surface area contributed by atoms with Crippen molar-refractivity contribution in [3.05, 3.63) is 58.3 Å². The lowest BCUT2D eigenvalue weighted by molar-refractivity contribution is 0.630.